The number of carboxylic acids is 1. The molecule has 0 bridgehead atoms. The minimum absolute atomic E-state index is 0.0880. The van der Waals surface area contributed by atoms with Gasteiger partial charge in [0.25, 0.3) is 0 Å². The largest absolute Gasteiger partial charge is 0.480 e. The molecule has 0 radical (unpaired) electrons. The zero-order valence-electron chi connectivity index (χ0n) is 17.5. The first kappa shape index (κ1) is 22.2. The minimum atomic E-state index is -1.43. The molecule has 31 heavy (non-hydrogen) atoms. The third-order valence-electron chi connectivity index (χ3n) is 5.69. The molecule has 1 amide bonds. The Morgan fingerprint density at radius 2 is 1.71 bits per heavy atom. The predicted molar refractivity (Wildman–Crippen MR) is 117 cm³/mol. The van der Waals surface area contributed by atoms with Gasteiger partial charge in [0.05, 0.1) is 0 Å². The van der Waals surface area contributed by atoms with E-state index in [2.05, 4.69) is 27.5 Å². The highest BCUT2D eigenvalue weighted by Gasteiger charge is 2.35. The number of nitrogens with zero attached hydrogens (tertiary/aromatic N) is 3. The second-order valence-electron chi connectivity index (χ2n) is 7.85. The summed E-state index contributed by atoms with van der Waals surface area (Å²) in [7, 11) is 0. The fourth-order valence-electron chi connectivity index (χ4n) is 3.97. The molecule has 8 heteroatoms. The molecule has 0 unspecified atom stereocenters. The van der Waals surface area contributed by atoms with Crippen molar-refractivity contribution in [2.75, 3.05) is 13.2 Å². The van der Waals surface area contributed by atoms with E-state index in [4.69, 9.17) is 10.3 Å². The number of fused-ring (bicyclic) bond motifs is 3. The molecule has 2 aromatic rings. The van der Waals surface area contributed by atoms with E-state index in [1.807, 2.05) is 36.4 Å². The molecule has 2 aromatic carbocycles. The van der Waals surface area contributed by atoms with Crippen LogP contribution in [0, 0.1) is 0 Å². The van der Waals surface area contributed by atoms with Crippen molar-refractivity contribution in [2.45, 2.75) is 44.1 Å². The Labute approximate surface area is 180 Å². The Bertz CT molecular complexity index is 957. The van der Waals surface area contributed by atoms with Gasteiger partial charge < -0.3 is 15.2 Å². The van der Waals surface area contributed by atoms with Crippen molar-refractivity contribution in [1.29, 1.82) is 0 Å². The summed E-state index contributed by atoms with van der Waals surface area (Å²) in [5.74, 6) is -1.20. The molecule has 8 nitrogen and oxygen atoms in total. The molecule has 1 atom stereocenters. The summed E-state index contributed by atoms with van der Waals surface area (Å²) in [4.78, 5) is 26.9. The molecule has 0 spiro atoms. The van der Waals surface area contributed by atoms with Gasteiger partial charge in [0.15, 0.2) is 0 Å². The molecule has 0 heterocycles. The molecule has 1 aliphatic rings. The maximum atomic E-state index is 12.5. The monoisotopic (exact) mass is 422 g/mol. The summed E-state index contributed by atoms with van der Waals surface area (Å²) < 4.78 is 5.48. The highest BCUT2D eigenvalue weighted by molar-refractivity contribution is 5.84. The van der Waals surface area contributed by atoms with E-state index in [1.165, 1.54) is 6.92 Å². The van der Waals surface area contributed by atoms with Crippen LogP contribution in [0.15, 0.2) is 53.6 Å². The molecule has 0 aromatic heterocycles. The van der Waals surface area contributed by atoms with Crippen LogP contribution in [0.4, 0.5) is 4.79 Å². The quantitative estimate of drug-likeness (QED) is 0.235. The minimum Gasteiger partial charge on any atom is -0.480 e. The zero-order valence-corrected chi connectivity index (χ0v) is 17.5. The molecular weight excluding hydrogens is 396 g/mol. The predicted octanol–water partition coefficient (Wildman–Crippen LogP) is 5.24. The normalized spacial score (nSPS) is 14.0. The van der Waals surface area contributed by atoms with E-state index in [9.17, 15) is 14.7 Å². The van der Waals surface area contributed by atoms with Crippen LogP contribution >= 0.6 is 0 Å². The topological polar surface area (TPSA) is 124 Å². The Balaban J connectivity index is 1.59. The molecular formula is C23H26N4O4. The lowest BCUT2D eigenvalue weighted by atomic mass is 9.94. The van der Waals surface area contributed by atoms with Gasteiger partial charge in [0.1, 0.15) is 12.1 Å². The van der Waals surface area contributed by atoms with Crippen LogP contribution < -0.4 is 5.32 Å². The fourth-order valence-corrected chi connectivity index (χ4v) is 3.97. The number of ether oxygens (including phenoxy) is 1. The van der Waals surface area contributed by atoms with Crippen LogP contribution in [0.3, 0.4) is 0 Å². The van der Waals surface area contributed by atoms with E-state index < -0.39 is 17.6 Å². The lowest BCUT2D eigenvalue weighted by Gasteiger charge is -2.26. The first-order chi connectivity index (χ1) is 15.0. The summed E-state index contributed by atoms with van der Waals surface area (Å²) in [6.45, 7) is 1.98. The van der Waals surface area contributed by atoms with E-state index in [0.29, 0.717) is 25.8 Å². The van der Waals surface area contributed by atoms with Crippen molar-refractivity contribution in [2.24, 2.45) is 5.11 Å². The van der Waals surface area contributed by atoms with Crippen molar-refractivity contribution in [1.82, 2.24) is 5.32 Å². The smallest absolute Gasteiger partial charge is 0.408 e. The van der Waals surface area contributed by atoms with Crippen LogP contribution in [0.5, 0.6) is 0 Å². The van der Waals surface area contributed by atoms with E-state index in [-0.39, 0.29) is 18.9 Å². The van der Waals surface area contributed by atoms with Crippen LogP contribution in [0.25, 0.3) is 21.6 Å². The summed E-state index contributed by atoms with van der Waals surface area (Å²) in [5.41, 5.74) is 11.3. The molecule has 1 aliphatic carbocycles. The van der Waals surface area contributed by atoms with Gasteiger partial charge in [-0.25, -0.2) is 9.59 Å². The van der Waals surface area contributed by atoms with Gasteiger partial charge in [-0.3, -0.25) is 0 Å². The van der Waals surface area contributed by atoms with Crippen molar-refractivity contribution < 1.29 is 19.4 Å². The van der Waals surface area contributed by atoms with Crippen molar-refractivity contribution in [3.05, 3.63) is 70.1 Å². The lowest BCUT2D eigenvalue weighted by Crippen LogP contribution is -2.52. The second-order valence-corrected chi connectivity index (χ2v) is 7.85. The number of amides is 1. The summed E-state index contributed by atoms with van der Waals surface area (Å²) in [6.07, 6.45) is 1.45. The average molecular weight is 422 g/mol. The third-order valence-corrected chi connectivity index (χ3v) is 5.69. The Hall–Kier alpha value is -3.51. The highest BCUT2D eigenvalue weighted by Crippen LogP contribution is 2.44. The van der Waals surface area contributed by atoms with Crippen LogP contribution in [0.2, 0.25) is 0 Å². The highest BCUT2D eigenvalue weighted by atomic mass is 16.5. The standard InChI is InChI=1S/C23H26N4O4/c1-23(21(28)29,13-7-2-8-14-25-27-24)26-22(30)31-15-20-18-11-5-3-9-16(18)17-10-4-6-12-19(17)20/h3-6,9-12,20H,2,7-8,13-15H2,1H3,(H,26,30)(H,28,29)/t23-/m1/s1. The molecule has 3 rings (SSSR count). The van der Waals surface area contributed by atoms with Crippen LogP contribution in [-0.4, -0.2) is 35.9 Å². The maximum Gasteiger partial charge on any atom is 0.408 e. The van der Waals surface area contributed by atoms with E-state index >= 15 is 0 Å². The number of carboxylic acid groups (broad SMARTS) is 1. The van der Waals surface area contributed by atoms with Gasteiger partial charge in [-0.2, -0.15) is 0 Å². The van der Waals surface area contributed by atoms with Crippen LogP contribution in [0.1, 0.15) is 49.7 Å². The number of carbonyl (C=O) groups is 2. The number of azide groups is 1. The first-order valence-corrected chi connectivity index (χ1v) is 10.3. The number of aliphatic carboxylic acids is 1. The number of rotatable bonds is 10. The molecule has 2 N–H and O–H groups in total. The first-order valence-electron chi connectivity index (χ1n) is 10.3. The zero-order chi connectivity index (χ0) is 22.3. The number of nitrogens with one attached hydrogen (secondary N) is 1. The number of hydrogen-bond acceptors (Lipinski definition) is 4. The van der Waals surface area contributed by atoms with Gasteiger partial charge in [-0.15, -0.1) is 0 Å². The summed E-state index contributed by atoms with van der Waals surface area (Å²) >= 11 is 0. The number of carbonyl (C=O) groups excluding carboxylic acids is 1. The van der Waals surface area contributed by atoms with Crippen molar-refractivity contribution in [3.63, 3.8) is 0 Å². The summed E-state index contributed by atoms with van der Waals surface area (Å²) in [5, 5.41) is 15.6. The fraction of sp³-hybridized carbons (Fsp3) is 0.391. The number of hydrogen-bond donors (Lipinski definition) is 2. The number of benzene rings is 2. The van der Waals surface area contributed by atoms with Gasteiger partial charge in [-0.05, 0) is 47.6 Å². The summed E-state index contributed by atoms with van der Waals surface area (Å²) in [6, 6.07) is 16.0. The maximum absolute atomic E-state index is 12.5. The SMILES string of the molecule is C[C@](CCCCCN=[N+]=[N-])(NC(=O)OCC1c2ccccc2-c2ccccc21)C(=O)O. The molecule has 0 saturated heterocycles. The molecule has 0 aliphatic heterocycles. The molecule has 0 fully saturated rings. The Kier molecular flexibility index (Phi) is 7.15. The third kappa shape index (κ3) is 5.16. The average Bonchev–Trinajstić information content (AvgIpc) is 3.08. The van der Waals surface area contributed by atoms with Crippen molar-refractivity contribution >= 4 is 12.1 Å². The second kappa shape index (κ2) is 10.00. The Morgan fingerprint density at radius 1 is 1.10 bits per heavy atom. The Morgan fingerprint density at radius 3 is 2.29 bits per heavy atom. The van der Waals surface area contributed by atoms with Gasteiger partial charge in [-0.1, -0.05) is 66.5 Å². The van der Waals surface area contributed by atoms with E-state index in [0.717, 1.165) is 22.3 Å². The lowest BCUT2D eigenvalue weighted by molar-refractivity contribution is -0.144. The van der Waals surface area contributed by atoms with E-state index in [1.54, 1.807) is 0 Å². The van der Waals surface area contributed by atoms with Crippen molar-refractivity contribution in [3.8, 4) is 11.1 Å². The van der Waals surface area contributed by atoms with Crippen LogP contribution in [-0.2, 0) is 9.53 Å². The van der Waals surface area contributed by atoms with Gasteiger partial charge in [0, 0.05) is 17.4 Å². The number of unbranched alkanes of at least 4 members (excludes halogenated alkanes) is 2. The van der Waals surface area contributed by atoms with Gasteiger partial charge in [0.2, 0.25) is 0 Å². The molecule has 0 saturated carbocycles. The number of alkyl carbamates (subject to hydrolysis) is 1. The molecule has 162 valence electrons. The van der Waals surface area contributed by atoms with Gasteiger partial charge >= 0.3 is 12.1 Å².